The van der Waals surface area contributed by atoms with Crippen LogP contribution >= 0.6 is 0 Å². The molecule has 0 aromatic heterocycles. The minimum Gasteiger partial charge on any atom is -0.493 e. The normalized spacial score (nSPS) is 10.1. The van der Waals surface area contributed by atoms with E-state index in [1.807, 2.05) is 20.8 Å². The number of methoxy groups -OCH3 is 1. The molecule has 3 amide bonds. The van der Waals surface area contributed by atoms with Gasteiger partial charge < -0.3 is 29.0 Å². The zero-order valence-corrected chi connectivity index (χ0v) is 19.1. The van der Waals surface area contributed by atoms with Gasteiger partial charge in [-0.3, -0.25) is 10.1 Å². The molecule has 0 radical (unpaired) electrons. The SMILES string of the molecule is CCOc1ccc(C(=O)OCC(=O)NC(=O)Nc2ccc(OCC)c(OCC)c2)cc1OC. The maximum atomic E-state index is 12.2. The molecule has 0 unspecified atom stereocenters. The third-order valence-corrected chi connectivity index (χ3v) is 4.09. The molecule has 0 bridgehead atoms. The number of hydrogen-bond donors (Lipinski definition) is 2. The van der Waals surface area contributed by atoms with Gasteiger partial charge in [0.1, 0.15) is 0 Å². The summed E-state index contributed by atoms with van der Waals surface area (Å²) in [7, 11) is 1.45. The summed E-state index contributed by atoms with van der Waals surface area (Å²) in [5, 5.41) is 4.61. The summed E-state index contributed by atoms with van der Waals surface area (Å²) in [4.78, 5) is 36.3. The number of hydrogen-bond acceptors (Lipinski definition) is 8. The van der Waals surface area contributed by atoms with Crippen molar-refractivity contribution < 1.29 is 38.1 Å². The summed E-state index contributed by atoms with van der Waals surface area (Å²) in [6, 6.07) is 8.56. The number of benzene rings is 2. The first-order valence-electron chi connectivity index (χ1n) is 10.4. The van der Waals surface area contributed by atoms with Crippen LogP contribution in [0.4, 0.5) is 10.5 Å². The first-order valence-corrected chi connectivity index (χ1v) is 10.4. The summed E-state index contributed by atoms with van der Waals surface area (Å²) in [6.07, 6.45) is 0. The number of carbonyl (C=O) groups excluding carboxylic acids is 3. The third-order valence-electron chi connectivity index (χ3n) is 4.09. The lowest BCUT2D eigenvalue weighted by Crippen LogP contribution is -2.37. The molecule has 2 rings (SSSR count). The lowest BCUT2D eigenvalue weighted by atomic mass is 10.2. The summed E-state index contributed by atoms with van der Waals surface area (Å²) in [6.45, 7) is 6.17. The van der Waals surface area contributed by atoms with E-state index in [1.165, 1.54) is 19.2 Å². The monoisotopic (exact) mass is 460 g/mol. The number of anilines is 1. The van der Waals surface area contributed by atoms with Gasteiger partial charge in [-0.1, -0.05) is 0 Å². The summed E-state index contributed by atoms with van der Waals surface area (Å²) >= 11 is 0. The zero-order chi connectivity index (χ0) is 24.2. The molecular weight excluding hydrogens is 432 g/mol. The fraction of sp³-hybridized carbons (Fsp3) is 0.348. The van der Waals surface area contributed by atoms with Gasteiger partial charge in [0.15, 0.2) is 29.6 Å². The Hall–Kier alpha value is -3.95. The van der Waals surface area contributed by atoms with Crippen molar-refractivity contribution >= 4 is 23.6 Å². The highest BCUT2D eigenvalue weighted by Gasteiger charge is 2.16. The van der Waals surface area contributed by atoms with Crippen LogP contribution in [0.3, 0.4) is 0 Å². The first kappa shape index (κ1) is 25.3. The Morgan fingerprint density at radius 2 is 1.39 bits per heavy atom. The van der Waals surface area contributed by atoms with Crippen LogP contribution in [0.15, 0.2) is 36.4 Å². The average molecular weight is 460 g/mol. The van der Waals surface area contributed by atoms with E-state index in [9.17, 15) is 14.4 Å². The van der Waals surface area contributed by atoms with E-state index in [-0.39, 0.29) is 5.56 Å². The number of rotatable bonds is 11. The van der Waals surface area contributed by atoms with Gasteiger partial charge in [0.25, 0.3) is 5.91 Å². The van der Waals surface area contributed by atoms with E-state index in [4.69, 9.17) is 23.7 Å². The molecule has 0 saturated carbocycles. The van der Waals surface area contributed by atoms with Crippen LogP contribution in [0.2, 0.25) is 0 Å². The third kappa shape index (κ3) is 7.60. The van der Waals surface area contributed by atoms with Crippen molar-refractivity contribution in [3.8, 4) is 23.0 Å². The van der Waals surface area contributed by atoms with Gasteiger partial charge >= 0.3 is 12.0 Å². The Morgan fingerprint density at radius 3 is 2.03 bits per heavy atom. The molecule has 0 heterocycles. The number of ether oxygens (including phenoxy) is 5. The highest BCUT2D eigenvalue weighted by Crippen LogP contribution is 2.30. The second-order valence-electron chi connectivity index (χ2n) is 6.40. The van der Waals surface area contributed by atoms with E-state index in [1.54, 1.807) is 24.3 Å². The van der Waals surface area contributed by atoms with Crippen molar-refractivity contribution in [2.24, 2.45) is 0 Å². The fourth-order valence-corrected chi connectivity index (χ4v) is 2.74. The Labute approximate surface area is 192 Å². The average Bonchev–Trinajstić information content (AvgIpc) is 2.79. The van der Waals surface area contributed by atoms with E-state index < -0.39 is 24.5 Å². The molecule has 2 aromatic rings. The minimum absolute atomic E-state index is 0.172. The topological polar surface area (TPSA) is 121 Å². The fourth-order valence-electron chi connectivity index (χ4n) is 2.74. The second kappa shape index (κ2) is 12.8. The van der Waals surface area contributed by atoms with Gasteiger partial charge in [0.2, 0.25) is 0 Å². The number of esters is 1. The molecule has 0 aliphatic rings. The van der Waals surface area contributed by atoms with Crippen molar-refractivity contribution in [3.05, 3.63) is 42.0 Å². The van der Waals surface area contributed by atoms with Crippen molar-refractivity contribution in [1.82, 2.24) is 5.32 Å². The number of carbonyl (C=O) groups is 3. The predicted molar refractivity (Wildman–Crippen MR) is 120 cm³/mol. The van der Waals surface area contributed by atoms with Crippen molar-refractivity contribution in [1.29, 1.82) is 0 Å². The Kier molecular flexibility index (Phi) is 9.81. The van der Waals surface area contributed by atoms with Crippen LogP contribution in [-0.2, 0) is 9.53 Å². The van der Waals surface area contributed by atoms with Gasteiger partial charge in [0.05, 0.1) is 32.5 Å². The van der Waals surface area contributed by atoms with Crippen molar-refractivity contribution in [3.63, 3.8) is 0 Å². The molecule has 0 spiro atoms. The predicted octanol–water partition coefficient (Wildman–Crippen LogP) is 3.40. The zero-order valence-electron chi connectivity index (χ0n) is 19.1. The summed E-state index contributed by atoms with van der Waals surface area (Å²) < 4.78 is 26.5. The Balaban J connectivity index is 1.90. The molecule has 0 saturated heterocycles. The summed E-state index contributed by atoms with van der Waals surface area (Å²) in [5.41, 5.74) is 0.566. The number of nitrogens with one attached hydrogen (secondary N) is 2. The maximum Gasteiger partial charge on any atom is 0.338 e. The van der Waals surface area contributed by atoms with Gasteiger partial charge in [0, 0.05) is 11.8 Å². The van der Waals surface area contributed by atoms with Crippen LogP contribution in [0.1, 0.15) is 31.1 Å². The van der Waals surface area contributed by atoms with Gasteiger partial charge in [-0.25, -0.2) is 9.59 Å². The van der Waals surface area contributed by atoms with E-state index in [0.29, 0.717) is 48.5 Å². The van der Waals surface area contributed by atoms with E-state index >= 15 is 0 Å². The van der Waals surface area contributed by atoms with Crippen molar-refractivity contribution in [2.45, 2.75) is 20.8 Å². The molecule has 0 fully saturated rings. The minimum atomic E-state index is -0.797. The smallest absolute Gasteiger partial charge is 0.338 e. The number of amides is 3. The molecule has 2 aromatic carbocycles. The lowest BCUT2D eigenvalue weighted by molar-refractivity contribution is -0.123. The number of imide groups is 1. The van der Waals surface area contributed by atoms with Crippen LogP contribution in [-0.4, -0.2) is 51.4 Å². The Bertz CT molecular complexity index is 977. The molecule has 33 heavy (non-hydrogen) atoms. The lowest BCUT2D eigenvalue weighted by Gasteiger charge is -2.13. The summed E-state index contributed by atoms with van der Waals surface area (Å²) in [5.74, 6) is 0.293. The molecule has 10 heteroatoms. The molecule has 0 aliphatic carbocycles. The first-order chi connectivity index (χ1) is 15.9. The molecule has 10 nitrogen and oxygen atoms in total. The van der Waals surface area contributed by atoms with E-state index in [0.717, 1.165) is 0 Å². The molecule has 2 N–H and O–H groups in total. The number of urea groups is 1. The van der Waals surface area contributed by atoms with Crippen LogP contribution < -0.4 is 29.6 Å². The highest BCUT2D eigenvalue weighted by molar-refractivity contribution is 6.02. The van der Waals surface area contributed by atoms with Gasteiger partial charge in [-0.05, 0) is 51.1 Å². The highest BCUT2D eigenvalue weighted by atomic mass is 16.5. The standard InChI is InChI=1S/C23H28N2O8/c1-5-30-17-10-8-15(12-19(17)29-4)22(27)33-14-21(26)25-23(28)24-16-9-11-18(31-6-2)20(13-16)32-7-3/h8-13H,5-7,14H2,1-4H3,(H2,24,25,26,28). The molecular formula is C23H28N2O8. The molecule has 178 valence electrons. The largest absolute Gasteiger partial charge is 0.493 e. The molecule has 0 atom stereocenters. The van der Waals surface area contributed by atoms with Crippen LogP contribution in [0, 0.1) is 0 Å². The van der Waals surface area contributed by atoms with Gasteiger partial charge in [-0.15, -0.1) is 0 Å². The quantitative estimate of drug-likeness (QED) is 0.490. The van der Waals surface area contributed by atoms with Gasteiger partial charge in [-0.2, -0.15) is 0 Å². The second-order valence-corrected chi connectivity index (χ2v) is 6.40. The van der Waals surface area contributed by atoms with Crippen LogP contribution in [0.5, 0.6) is 23.0 Å². The maximum absolute atomic E-state index is 12.2. The van der Waals surface area contributed by atoms with E-state index in [2.05, 4.69) is 10.6 Å². The molecule has 0 aliphatic heterocycles. The van der Waals surface area contributed by atoms with Crippen molar-refractivity contribution in [2.75, 3.05) is 38.9 Å². The Morgan fingerprint density at radius 1 is 0.788 bits per heavy atom. The van der Waals surface area contributed by atoms with Crippen LogP contribution in [0.25, 0.3) is 0 Å².